The van der Waals surface area contributed by atoms with Gasteiger partial charge in [-0.15, -0.1) is 0 Å². The molecular formula is C27H25N3O. The molecule has 0 saturated carbocycles. The first kappa shape index (κ1) is 19.2. The van der Waals surface area contributed by atoms with Crippen LogP contribution in [0.15, 0.2) is 84.9 Å². The Morgan fingerprint density at radius 2 is 1.35 bits per heavy atom. The molecule has 5 rings (SSSR count). The Morgan fingerprint density at radius 1 is 0.774 bits per heavy atom. The summed E-state index contributed by atoms with van der Waals surface area (Å²) in [6.07, 6.45) is 0. The summed E-state index contributed by atoms with van der Waals surface area (Å²) in [5.74, 6) is 1.16. The fraction of sp³-hybridized carbons (Fsp3) is 0.148. The van der Waals surface area contributed by atoms with E-state index in [1.807, 2.05) is 42.1 Å². The first-order chi connectivity index (χ1) is 15.1. The molecule has 4 heteroatoms. The van der Waals surface area contributed by atoms with Crippen LogP contribution in [0.3, 0.4) is 0 Å². The van der Waals surface area contributed by atoms with Crippen LogP contribution < -0.4 is 9.64 Å². The molecule has 31 heavy (non-hydrogen) atoms. The van der Waals surface area contributed by atoms with Gasteiger partial charge in [-0.25, -0.2) is 0 Å². The third kappa shape index (κ3) is 2.95. The molecule has 1 aliphatic rings. The number of anilines is 1. The Labute approximate surface area is 182 Å². The summed E-state index contributed by atoms with van der Waals surface area (Å²) in [6, 6.07) is 29.2. The van der Waals surface area contributed by atoms with Crippen LogP contribution >= 0.6 is 0 Å². The van der Waals surface area contributed by atoms with E-state index in [9.17, 15) is 0 Å². The van der Waals surface area contributed by atoms with Crippen molar-refractivity contribution in [1.29, 1.82) is 5.41 Å². The number of nitrogens with one attached hydrogen (secondary N) is 1. The number of rotatable bonds is 3. The van der Waals surface area contributed by atoms with Crippen LogP contribution in [0.5, 0.6) is 5.75 Å². The molecule has 0 bridgehead atoms. The molecule has 0 radical (unpaired) electrons. The minimum atomic E-state index is -0.0108. The highest BCUT2D eigenvalue weighted by Crippen LogP contribution is 2.46. The van der Waals surface area contributed by atoms with Gasteiger partial charge in [0, 0.05) is 19.5 Å². The van der Waals surface area contributed by atoms with E-state index in [1.165, 1.54) is 22.3 Å². The highest BCUT2D eigenvalue weighted by atomic mass is 16.5. The molecule has 4 aromatic carbocycles. The third-order valence-electron chi connectivity index (χ3n) is 6.26. The predicted molar refractivity (Wildman–Crippen MR) is 128 cm³/mol. The summed E-state index contributed by atoms with van der Waals surface area (Å²) in [4.78, 5) is 3.97. The van der Waals surface area contributed by atoms with Gasteiger partial charge in [-0.05, 0) is 33.7 Å². The number of fused-ring (bicyclic) bond motifs is 4. The van der Waals surface area contributed by atoms with E-state index in [1.54, 1.807) is 7.11 Å². The average molecular weight is 408 g/mol. The standard InChI is InChI=1S/C27H25N3O/c1-29(25-22-14-8-6-12-20(22)21-13-7-9-15-23(21)25)27(28)30(2)26-19-11-5-4-10-18(19)16-17-24(26)31-3/h4-17,25,28H,1-3H3. The Morgan fingerprint density at radius 3 is 2.00 bits per heavy atom. The van der Waals surface area contributed by atoms with E-state index in [2.05, 4.69) is 66.7 Å². The van der Waals surface area contributed by atoms with Crippen molar-refractivity contribution >= 4 is 22.4 Å². The average Bonchev–Trinajstić information content (AvgIpc) is 3.16. The number of hydrogen-bond donors (Lipinski definition) is 1. The van der Waals surface area contributed by atoms with E-state index in [0.29, 0.717) is 5.96 Å². The zero-order valence-corrected chi connectivity index (χ0v) is 18.0. The van der Waals surface area contributed by atoms with Gasteiger partial charge in [-0.1, -0.05) is 78.9 Å². The summed E-state index contributed by atoms with van der Waals surface area (Å²) < 4.78 is 5.69. The molecule has 0 aromatic heterocycles. The normalized spacial score (nSPS) is 12.4. The van der Waals surface area contributed by atoms with E-state index in [0.717, 1.165) is 22.2 Å². The van der Waals surface area contributed by atoms with E-state index in [4.69, 9.17) is 10.1 Å². The molecule has 1 N–H and O–H groups in total. The van der Waals surface area contributed by atoms with Crippen molar-refractivity contribution < 1.29 is 4.74 Å². The minimum absolute atomic E-state index is 0.0108. The molecule has 4 nitrogen and oxygen atoms in total. The first-order valence-electron chi connectivity index (χ1n) is 10.4. The second kappa shape index (κ2) is 7.47. The largest absolute Gasteiger partial charge is 0.495 e. The third-order valence-corrected chi connectivity index (χ3v) is 6.26. The quantitative estimate of drug-likeness (QED) is 0.338. The van der Waals surface area contributed by atoms with Crippen molar-refractivity contribution in [3.05, 3.63) is 96.1 Å². The van der Waals surface area contributed by atoms with Gasteiger partial charge < -0.3 is 14.5 Å². The minimum Gasteiger partial charge on any atom is -0.495 e. The summed E-state index contributed by atoms with van der Waals surface area (Å²) >= 11 is 0. The second-order valence-electron chi connectivity index (χ2n) is 7.91. The van der Waals surface area contributed by atoms with Gasteiger partial charge in [0.15, 0.2) is 5.96 Å². The summed E-state index contributed by atoms with van der Waals surface area (Å²) in [7, 11) is 5.62. The lowest BCUT2D eigenvalue weighted by atomic mass is 10.0. The molecule has 0 fully saturated rings. The summed E-state index contributed by atoms with van der Waals surface area (Å²) in [5.41, 5.74) is 5.85. The Balaban J connectivity index is 1.58. The highest BCUT2D eigenvalue weighted by Gasteiger charge is 2.33. The maximum Gasteiger partial charge on any atom is 0.198 e. The fourth-order valence-corrected chi connectivity index (χ4v) is 4.76. The van der Waals surface area contributed by atoms with Crippen LogP contribution in [0.2, 0.25) is 0 Å². The summed E-state index contributed by atoms with van der Waals surface area (Å²) in [5, 5.41) is 11.3. The second-order valence-corrected chi connectivity index (χ2v) is 7.91. The monoisotopic (exact) mass is 407 g/mol. The van der Waals surface area contributed by atoms with Crippen molar-refractivity contribution in [1.82, 2.24) is 4.90 Å². The molecule has 0 unspecified atom stereocenters. The van der Waals surface area contributed by atoms with Crippen LogP contribution in [0.1, 0.15) is 17.2 Å². The Kier molecular flexibility index (Phi) is 4.63. The van der Waals surface area contributed by atoms with Crippen molar-refractivity contribution in [2.45, 2.75) is 6.04 Å². The maximum absolute atomic E-state index is 9.13. The number of guanidine groups is 1. The summed E-state index contributed by atoms with van der Waals surface area (Å²) in [6.45, 7) is 0. The van der Waals surface area contributed by atoms with Crippen molar-refractivity contribution in [2.24, 2.45) is 0 Å². The van der Waals surface area contributed by atoms with Crippen LogP contribution in [0.4, 0.5) is 5.69 Å². The lowest BCUT2D eigenvalue weighted by Gasteiger charge is -2.34. The number of methoxy groups -OCH3 is 1. The lowest BCUT2D eigenvalue weighted by molar-refractivity contribution is 0.411. The van der Waals surface area contributed by atoms with Gasteiger partial charge >= 0.3 is 0 Å². The topological polar surface area (TPSA) is 39.6 Å². The maximum atomic E-state index is 9.13. The van der Waals surface area contributed by atoms with E-state index >= 15 is 0 Å². The zero-order chi connectivity index (χ0) is 21.5. The van der Waals surface area contributed by atoms with Gasteiger partial charge in [-0.3, -0.25) is 5.41 Å². The van der Waals surface area contributed by atoms with Gasteiger partial charge in [-0.2, -0.15) is 0 Å². The zero-order valence-electron chi connectivity index (χ0n) is 18.0. The number of benzene rings is 4. The van der Waals surface area contributed by atoms with Crippen LogP contribution in [0, 0.1) is 5.41 Å². The lowest BCUT2D eigenvalue weighted by Crippen LogP contribution is -2.41. The van der Waals surface area contributed by atoms with E-state index < -0.39 is 0 Å². The van der Waals surface area contributed by atoms with Crippen LogP contribution in [-0.2, 0) is 0 Å². The predicted octanol–water partition coefficient (Wildman–Crippen LogP) is 5.92. The van der Waals surface area contributed by atoms with Gasteiger partial charge in [0.1, 0.15) is 5.75 Å². The number of nitrogens with zero attached hydrogens (tertiary/aromatic N) is 2. The van der Waals surface area contributed by atoms with Crippen molar-refractivity contribution in [3.63, 3.8) is 0 Å². The molecule has 0 saturated heterocycles. The molecule has 0 spiro atoms. The van der Waals surface area contributed by atoms with Crippen molar-refractivity contribution in [2.75, 3.05) is 26.1 Å². The van der Waals surface area contributed by atoms with Crippen molar-refractivity contribution in [3.8, 4) is 16.9 Å². The molecule has 0 atom stereocenters. The molecular weight excluding hydrogens is 382 g/mol. The number of hydrogen-bond acceptors (Lipinski definition) is 2. The van der Waals surface area contributed by atoms with E-state index in [-0.39, 0.29) is 6.04 Å². The van der Waals surface area contributed by atoms with Gasteiger partial charge in [0.05, 0.1) is 18.8 Å². The molecule has 0 aliphatic heterocycles. The van der Waals surface area contributed by atoms with Gasteiger partial charge in [0.25, 0.3) is 0 Å². The molecule has 0 amide bonds. The van der Waals surface area contributed by atoms with Gasteiger partial charge in [0.2, 0.25) is 0 Å². The van der Waals surface area contributed by atoms with Crippen LogP contribution in [-0.4, -0.2) is 32.1 Å². The molecule has 0 heterocycles. The first-order valence-corrected chi connectivity index (χ1v) is 10.4. The highest BCUT2D eigenvalue weighted by molar-refractivity contribution is 6.06. The fourth-order valence-electron chi connectivity index (χ4n) is 4.76. The SMILES string of the molecule is COc1ccc2ccccc2c1N(C)C(=N)N(C)C1c2ccccc2-c2ccccc21. The molecule has 154 valence electrons. The smallest absolute Gasteiger partial charge is 0.198 e. The molecule has 4 aromatic rings. The van der Waals surface area contributed by atoms with Crippen LogP contribution in [0.25, 0.3) is 21.9 Å². The Bertz CT molecular complexity index is 1250. The molecule has 1 aliphatic carbocycles. The Hall–Kier alpha value is -3.79. The number of ether oxygens (including phenoxy) is 1.